The summed E-state index contributed by atoms with van der Waals surface area (Å²) in [7, 11) is 0. The van der Waals surface area contributed by atoms with Crippen molar-refractivity contribution >= 4 is 0 Å². The van der Waals surface area contributed by atoms with Gasteiger partial charge in [-0.15, -0.1) is 6.58 Å². The lowest BCUT2D eigenvalue weighted by Gasteiger charge is -2.29. The van der Waals surface area contributed by atoms with Crippen LogP contribution in [0.1, 0.15) is 33.3 Å². The second-order valence-electron chi connectivity index (χ2n) is 5.86. The second kappa shape index (κ2) is 8.93. The van der Waals surface area contributed by atoms with Crippen molar-refractivity contribution in [1.29, 1.82) is 0 Å². The average Bonchev–Trinajstić information content (AvgIpc) is 2.42. The van der Waals surface area contributed by atoms with Crippen LogP contribution in [-0.4, -0.2) is 18.8 Å². The Hall–Kier alpha value is -1.12. The van der Waals surface area contributed by atoms with Crippen LogP contribution < -0.4 is 0 Å². The number of hydrogen-bond acceptors (Lipinski definition) is 2. The second-order valence-corrected chi connectivity index (χ2v) is 5.86. The Morgan fingerprint density at radius 1 is 1.05 bits per heavy atom. The molecule has 0 aliphatic rings. The third kappa shape index (κ3) is 5.89. The van der Waals surface area contributed by atoms with Crippen LogP contribution in [0.4, 0.5) is 0 Å². The molecule has 1 aromatic carbocycles. The summed E-state index contributed by atoms with van der Waals surface area (Å²) in [4.78, 5) is 0. The van der Waals surface area contributed by atoms with Gasteiger partial charge >= 0.3 is 0 Å². The molecular weight excluding hydrogens is 248 g/mol. The van der Waals surface area contributed by atoms with E-state index in [0.29, 0.717) is 25.0 Å². The van der Waals surface area contributed by atoms with Gasteiger partial charge in [-0.3, -0.25) is 0 Å². The van der Waals surface area contributed by atoms with Crippen LogP contribution >= 0.6 is 0 Å². The Morgan fingerprint density at radius 2 is 1.65 bits per heavy atom. The van der Waals surface area contributed by atoms with Gasteiger partial charge in [0.2, 0.25) is 0 Å². The van der Waals surface area contributed by atoms with Crippen molar-refractivity contribution in [2.75, 3.05) is 6.61 Å². The summed E-state index contributed by atoms with van der Waals surface area (Å²) in [5.74, 6) is 0.984. The maximum Gasteiger partial charge on any atom is 0.0990 e. The minimum Gasteiger partial charge on any atom is -0.374 e. The molecule has 1 rings (SSSR count). The fourth-order valence-electron chi connectivity index (χ4n) is 2.32. The first kappa shape index (κ1) is 16.9. The van der Waals surface area contributed by atoms with Gasteiger partial charge < -0.3 is 9.47 Å². The third-order valence-electron chi connectivity index (χ3n) is 3.30. The van der Waals surface area contributed by atoms with Gasteiger partial charge in [-0.1, -0.05) is 64.1 Å². The van der Waals surface area contributed by atoms with Crippen LogP contribution in [0.15, 0.2) is 43.0 Å². The molecule has 0 saturated heterocycles. The summed E-state index contributed by atoms with van der Waals surface area (Å²) in [5.41, 5.74) is 1.18. The maximum absolute atomic E-state index is 6.12. The van der Waals surface area contributed by atoms with E-state index in [4.69, 9.17) is 9.47 Å². The molecule has 0 saturated carbocycles. The Labute approximate surface area is 123 Å². The van der Waals surface area contributed by atoms with Crippen molar-refractivity contribution in [3.8, 4) is 0 Å². The SMILES string of the molecule is C=CC(COCc1ccccc1)OC(C(C)C)C(C)C. The van der Waals surface area contributed by atoms with Crippen LogP contribution in [0.3, 0.4) is 0 Å². The van der Waals surface area contributed by atoms with Gasteiger partial charge in [-0.25, -0.2) is 0 Å². The van der Waals surface area contributed by atoms with Crippen molar-refractivity contribution in [3.63, 3.8) is 0 Å². The molecule has 1 aromatic rings. The molecule has 20 heavy (non-hydrogen) atoms. The van der Waals surface area contributed by atoms with Crippen molar-refractivity contribution in [2.45, 2.75) is 46.5 Å². The minimum absolute atomic E-state index is 0.0477. The molecule has 0 aromatic heterocycles. The first-order valence-electron chi connectivity index (χ1n) is 7.44. The third-order valence-corrected chi connectivity index (χ3v) is 3.30. The lowest BCUT2D eigenvalue weighted by atomic mass is 9.96. The largest absolute Gasteiger partial charge is 0.374 e. The van der Waals surface area contributed by atoms with Gasteiger partial charge in [0.25, 0.3) is 0 Å². The molecule has 0 radical (unpaired) electrons. The summed E-state index contributed by atoms with van der Waals surface area (Å²) in [5, 5.41) is 0. The highest BCUT2D eigenvalue weighted by Gasteiger charge is 2.21. The molecule has 0 aliphatic carbocycles. The zero-order chi connectivity index (χ0) is 15.0. The van der Waals surface area contributed by atoms with E-state index in [2.05, 4.69) is 46.4 Å². The van der Waals surface area contributed by atoms with Gasteiger partial charge in [0.1, 0.15) is 0 Å². The zero-order valence-corrected chi connectivity index (χ0v) is 13.2. The van der Waals surface area contributed by atoms with Crippen LogP contribution in [0.2, 0.25) is 0 Å². The van der Waals surface area contributed by atoms with Gasteiger partial charge in [-0.2, -0.15) is 0 Å². The molecule has 2 heteroatoms. The summed E-state index contributed by atoms with van der Waals surface area (Å²) < 4.78 is 11.9. The Balaban J connectivity index is 2.41. The van der Waals surface area contributed by atoms with Crippen molar-refractivity contribution in [3.05, 3.63) is 48.6 Å². The van der Waals surface area contributed by atoms with E-state index in [1.54, 1.807) is 0 Å². The molecule has 0 heterocycles. The quantitative estimate of drug-likeness (QED) is 0.620. The van der Waals surface area contributed by atoms with Crippen molar-refractivity contribution in [2.24, 2.45) is 11.8 Å². The number of hydrogen-bond donors (Lipinski definition) is 0. The Morgan fingerprint density at radius 3 is 2.15 bits per heavy atom. The maximum atomic E-state index is 6.12. The first-order chi connectivity index (χ1) is 9.54. The molecule has 1 unspecified atom stereocenters. The van der Waals surface area contributed by atoms with E-state index in [9.17, 15) is 0 Å². The molecule has 2 nitrogen and oxygen atoms in total. The van der Waals surface area contributed by atoms with Gasteiger partial charge in [0.15, 0.2) is 0 Å². The minimum atomic E-state index is -0.0477. The molecule has 0 amide bonds. The van der Waals surface area contributed by atoms with Gasteiger partial charge in [-0.05, 0) is 17.4 Å². The Kier molecular flexibility index (Phi) is 7.56. The molecule has 0 fully saturated rings. The van der Waals surface area contributed by atoms with E-state index in [1.165, 1.54) is 5.56 Å². The predicted molar refractivity (Wildman–Crippen MR) is 84.6 cm³/mol. The fourth-order valence-corrected chi connectivity index (χ4v) is 2.32. The number of benzene rings is 1. The van der Waals surface area contributed by atoms with E-state index in [-0.39, 0.29) is 12.2 Å². The molecule has 0 aliphatic heterocycles. The molecular formula is C18H28O2. The van der Waals surface area contributed by atoms with Crippen LogP contribution in [0, 0.1) is 11.8 Å². The molecule has 112 valence electrons. The highest BCUT2D eigenvalue weighted by molar-refractivity contribution is 5.13. The highest BCUT2D eigenvalue weighted by Crippen LogP contribution is 2.18. The van der Waals surface area contributed by atoms with Crippen LogP contribution in [-0.2, 0) is 16.1 Å². The molecule has 0 bridgehead atoms. The summed E-state index contributed by atoms with van der Waals surface area (Å²) >= 11 is 0. The summed E-state index contributed by atoms with van der Waals surface area (Å²) in [6, 6.07) is 10.2. The lowest BCUT2D eigenvalue weighted by Crippen LogP contribution is -2.32. The first-order valence-corrected chi connectivity index (χ1v) is 7.44. The van der Waals surface area contributed by atoms with E-state index in [1.807, 2.05) is 24.3 Å². The smallest absolute Gasteiger partial charge is 0.0990 e. The summed E-state index contributed by atoms with van der Waals surface area (Å²) in [6.45, 7) is 13.8. The molecule has 0 spiro atoms. The van der Waals surface area contributed by atoms with Crippen molar-refractivity contribution < 1.29 is 9.47 Å². The topological polar surface area (TPSA) is 18.5 Å². The van der Waals surface area contributed by atoms with Crippen LogP contribution in [0.25, 0.3) is 0 Å². The average molecular weight is 276 g/mol. The van der Waals surface area contributed by atoms with Gasteiger partial charge in [0.05, 0.1) is 25.4 Å². The zero-order valence-electron chi connectivity index (χ0n) is 13.2. The lowest BCUT2D eigenvalue weighted by molar-refractivity contribution is -0.0725. The van der Waals surface area contributed by atoms with Crippen molar-refractivity contribution in [1.82, 2.24) is 0 Å². The molecule has 0 N–H and O–H groups in total. The highest BCUT2D eigenvalue weighted by atomic mass is 16.5. The standard InChI is InChI=1S/C18H28O2/c1-6-17(20-18(14(2)3)15(4)5)13-19-12-16-10-8-7-9-11-16/h6-11,14-15,17-18H,1,12-13H2,2-5H3. The predicted octanol–water partition coefficient (Wildman–Crippen LogP) is 4.46. The van der Waals surface area contributed by atoms with E-state index >= 15 is 0 Å². The number of ether oxygens (including phenoxy) is 2. The number of rotatable bonds is 9. The van der Waals surface area contributed by atoms with Crippen LogP contribution in [0.5, 0.6) is 0 Å². The van der Waals surface area contributed by atoms with E-state index in [0.717, 1.165) is 0 Å². The van der Waals surface area contributed by atoms with E-state index < -0.39 is 0 Å². The molecule has 1 atom stereocenters. The fraction of sp³-hybridized carbons (Fsp3) is 0.556. The van der Waals surface area contributed by atoms with Gasteiger partial charge in [0, 0.05) is 0 Å². The monoisotopic (exact) mass is 276 g/mol. The summed E-state index contributed by atoms with van der Waals surface area (Å²) in [6.07, 6.45) is 2.02. The Bertz CT molecular complexity index is 362. The normalized spacial score (nSPS) is 13.2.